The van der Waals surface area contributed by atoms with Crippen LogP contribution in [0.3, 0.4) is 0 Å². The first-order valence-electron chi connectivity index (χ1n) is 3.49. The summed E-state index contributed by atoms with van der Waals surface area (Å²) in [4.78, 5) is 0. The van der Waals surface area contributed by atoms with E-state index in [1.54, 1.807) is 24.3 Å². The van der Waals surface area contributed by atoms with Gasteiger partial charge in [0.2, 0.25) is 0 Å². The van der Waals surface area contributed by atoms with Crippen LogP contribution in [0.15, 0.2) is 30.3 Å². The lowest BCUT2D eigenvalue weighted by atomic mass is 10.2. The second-order valence-corrected chi connectivity index (χ2v) is 2.20. The number of aromatic hydroxyl groups is 1. The van der Waals surface area contributed by atoms with Crippen molar-refractivity contribution in [3.05, 3.63) is 35.9 Å². The maximum atomic E-state index is 9.25. The number of hydrogen-bond donors (Lipinski definition) is 2. The van der Waals surface area contributed by atoms with E-state index >= 15 is 0 Å². The normalized spacial score (nSPS) is 10.6. The van der Waals surface area contributed by atoms with Crippen LogP contribution < -0.4 is 5.73 Å². The number of para-hydroxylation sites is 1. The molecule has 0 heterocycles. The molecule has 0 saturated carbocycles. The molecule has 1 rings (SSSR count). The molecule has 0 aromatic heterocycles. The Labute approximate surface area is 66.0 Å². The first kappa shape index (κ1) is 7.82. The third-order valence-corrected chi connectivity index (χ3v) is 1.37. The van der Waals surface area contributed by atoms with E-state index < -0.39 is 0 Å². The Morgan fingerprint density at radius 2 is 2.09 bits per heavy atom. The van der Waals surface area contributed by atoms with Crippen LogP contribution >= 0.6 is 0 Å². The van der Waals surface area contributed by atoms with E-state index in [0.29, 0.717) is 6.54 Å². The molecular weight excluding hydrogens is 138 g/mol. The maximum Gasteiger partial charge on any atom is 0.122 e. The molecule has 0 bridgehead atoms. The summed E-state index contributed by atoms with van der Waals surface area (Å²) in [5.41, 5.74) is 6.06. The number of hydrogen-bond acceptors (Lipinski definition) is 2. The highest BCUT2D eigenvalue weighted by molar-refractivity contribution is 5.56. The summed E-state index contributed by atoms with van der Waals surface area (Å²) < 4.78 is 0. The van der Waals surface area contributed by atoms with Crippen LogP contribution in [0, 0.1) is 0 Å². The van der Waals surface area contributed by atoms with E-state index in [1.165, 1.54) is 0 Å². The van der Waals surface area contributed by atoms with Crippen molar-refractivity contribution in [1.29, 1.82) is 0 Å². The van der Waals surface area contributed by atoms with E-state index in [0.717, 1.165) is 5.56 Å². The van der Waals surface area contributed by atoms with Gasteiger partial charge in [0, 0.05) is 12.1 Å². The van der Waals surface area contributed by atoms with Gasteiger partial charge in [-0.3, -0.25) is 0 Å². The van der Waals surface area contributed by atoms with Crippen LogP contribution in [0.1, 0.15) is 5.56 Å². The molecule has 0 radical (unpaired) electrons. The van der Waals surface area contributed by atoms with Crippen molar-refractivity contribution in [1.82, 2.24) is 0 Å². The number of nitrogens with two attached hydrogens (primary N) is 1. The van der Waals surface area contributed by atoms with Crippen molar-refractivity contribution in [2.24, 2.45) is 5.73 Å². The molecule has 0 aliphatic heterocycles. The van der Waals surface area contributed by atoms with Gasteiger partial charge in [-0.25, -0.2) is 0 Å². The SMILES string of the molecule is NCC=Cc1ccccc1O. The van der Waals surface area contributed by atoms with Gasteiger partial charge in [-0.2, -0.15) is 0 Å². The molecule has 0 atom stereocenters. The minimum absolute atomic E-state index is 0.289. The lowest BCUT2D eigenvalue weighted by Crippen LogP contribution is -1.91. The van der Waals surface area contributed by atoms with Gasteiger partial charge in [0.15, 0.2) is 0 Å². The summed E-state index contributed by atoms with van der Waals surface area (Å²) >= 11 is 0. The van der Waals surface area contributed by atoms with E-state index in [-0.39, 0.29) is 5.75 Å². The second-order valence-electron chi connectivity index (χ2n) is 2.20. The largest absolute Gasteiger partial charge is 0.507 e. The smallest absolute Gasteiger partial charge is 0.122 e. The highest BCUT2D eigenvalue weighted by atomic mass is 16.3. The van der Waals surface area contributed by atoms with E-state index in [1.807, 2.05) is 12.1 Å². The van der Waals surface area contributed by atoms with Crippen molar-refractivity contribution in [3.63, 3.8) is 0 Å². The average Bonchev–Trinajstić information content (AvgIpc) is 2.03. The number of benzene rings is 1. The molecule has 0 spiro atoms. The molecule has 0 fully saturated rings. The lowest BCUT2D eigenvalue weighted by Gasteiger charge is -1.95. The van der Waals surface area contributed by atoms with Gasteiger partial charge < -0.3 is 10.8 Å². The van der Waals surface area contributed by atoms with Crippen LogP contribution in [0.25, 0.3) is 6.08 Å². The van der Waals surface area contributed by atoms with E-state index in [2.05, 4.69) is 0 Å². The molecule has 1 aromatic rings. The topological polar surface area (TPSA) is 46.2 Å². The predicted octanol–water partition coefficient (Wildman–Crippen LogP) is 1.36. The van der Waals surface area contributed by atoms with Gasteiger partial charge in [-0.1, -0.05) is 30.4 Å². The zero-order valence-electron chi connectivity index (χ0n) is 6.20. The molecule has 11 heavy (non-hydrogen) atoms. The minimum Gasteiger partial charge on any atom is -0.507 e. The van der Waals surface area contributed by atoms with Gasteiger partial charge in [0.1, 0.15) is 5.75 Å². The Balaban J connectivity index is 2.86. The molecule has 58 valence electrons. The van der Waals surface area contributed by atoms with Crippen LogP contribution in [0.2, 0.25) is 0 Å². The molecule has 0 aliphatic rings. The Morgan fingerprint density at radius 1 is 1.36 bits per heavy atom. The number of phenols is 1. The Kier molecular flexibility index (Phi) is 2.69. The maximum absolute atomic E-state index is 9.25. The summed E-state index contributed by atoms with van der Waals surface area (Å²) in [7, 11) is 0. The number of rotatable bonds is 2. The molecule has 3 N–H and O–H groups in total. The molecular formula is C9H11NO. The van der Waals surface area contributed by atoms with Crippen molar-refractivity contribution >= 4 is 6.08 Å². The first-order chi connectivity index (χ1) is 5.34. The molecule has 1 aromatic carbocycles. The van der Waals surface area contributed by atoms with Crippen LogP contribution in [-0.4, -0.2) is 11.7 Å². The summed E-state index contributed by atoms with van der Waals surface area (Å²) in [6.45, 7) is 0.494. The summed E-state index contributed by atoms with van der Waals surface area (Å²) in [5, 5.41) is 9.25. The summed E-state index contributed by atoms with van der Waals surface area (Å²) in [5.74, 6) is 0.289. The minimum atomic E-state index is 0.289. The fraction of sp³-hybridized carbons (Fsp3) is 0.111. The van der Waals surface area contributed by atoms with Crippen LogP contribution in [-0.2, 0) is 0 Å². The zero-order valence-corrected chi connectivity index (χ0v) is 6.20. The van der Waals surface area contributed by atoms with Crippen molar-refractivity contribution in [2.75, 3.05) is 6.54 Å². The van der Waals surface area contributed by atoms with Crippen molar-refractivity contribution in [2.45, 2.75) is 0 Å². The highest BCUT2D eigenvalue weighted by Crippen LogP contribution is 2.16. The molecule has 2 heteroatoms. The molecule has 0 amide bonds. The third-order valence-electron chi connectivity index (χ3n) is 1.37. The third kappa shape index (κ3) is 2.09. The Morgan fingerprint density at radius 3 is 2.73 bits per heavy atom. The quantitative estimate of drug-likeness (QED) is 0.667. The second kappa shape index (κ2) is 3.78. The van der Waals surface area contributed by atoms with Crippen molar-refractivity contribution in [3.8, 4) is 5.75 Å². The van der Waals surface area contributed by atoms with E-state index in [4.69, 9.17) is 5.73 Å². The van der Waals surface area contributed by atoms with Gasteiger partial charge in [0.05, 0.1) is 0 Å². The van der Waals surface area contributed by atoms with Crippen molar-refractivity contribution < 1.29 is 5.11 Å². The van der Waals surface area contributed by atoms with E-state index in [9.17, 15) is 5.11 Å². The van der Waals surface area contributed by atoms with Gasteiger partial charge >= 0.3 is 0 Å². The average molecular weight is 149 g/mol. The van der Waals surface area contributed by atoms with Gasteiger partial charge in [0.25, 0.3) is 0 Å². The Bertz CT molecular complexity index is 255. The summed E-state index contributed by atoms with van der Waals surface area (Å²) in [6, 6.07) is 7.14. The molecule has 0 saturated heterocycles. The lowest BCUT2D eigenvalue weighted by molar-refractivity contribution is 0.474. The van der Waals surface area contributed by atoms with Crippen LogP contribution in [0.4, 0.5) is 0 Å². The predicted molar refractivity (Wildman–Crippen MR) is 46.2 cm³/mol. The number of phenolic OH excluding ortho intramolecular Hbond substituents is 1. The fourth-order valence-corrected chi connectivity index (χ4v) is 0.823. The molecule has 0 unspecified atom stereocenters. The molecule has 0 aliphatic carbocycles. The highest BCUT2D eigenvalue weighted by Gasteiger charge is 1.91. The van der Waals surface area contributed by atoms with Gasteiger partial charge in [-0.15, -0.1) is 0 Å². The van der Waals surface area contributed by atoms with Gasteiger partial charge in [-0.05, 0) is 6.07 Å². The van der Waals surface area contributed by atoms with Crippen LogP contribution in [0.5, 0.6) is 5.75 Å². The zero-order chi connectivity index (χ0) is 8.10. The summed E-state index contributed by atoms with van der Waals surface area (Å²) in [6.07, 6.45) is 3.60. The fourth-order valence-electron chi connectivity index (χ4n) is 0.823. The molecule has 2 nitrogen and oxygen atoms in total. The Hall–Kier alpha value is -1.28. The monoisotopic (exact) mass is 149 g/mol. The standard InChI is InChI=1S/C9H11NO/c10-7-3-5-8-4-1-2-6-9(8)11/h1-6,11H,7,10H2. The first-order valence-corrected chi connectivity index (χ1v) is 3.49.